The van der Waals surface area contributed by atoms with Crippen molar-refractivity contribution < 1.29 is 27.9 Å². The normalized spacial score (nSPS) is 14.2. The van der Waals surface area contributed by atoms with E-state index >= 15 is 0 Å². The van der Waals surface area contributed by atoms with Crippen LogP contribution in [-0.4, -0.2) is 33.3 Å². The number of nitrogens with zero attached hydrogens (tertiary/aromatic N) is 1. The summed E-state index contributed by atoms with van der Waals surface area (Å²) in [5.41, 5.74) is 1.79. The molecule has 0 bridgehead atoms. The molecule has 0 saturated carbocycles. The maximum Gasteiger partial charge on any atom is 0.417 e. The van der Waals surface area contributed by atoms with Gasteiger partial charge in [-0.15, -0.1) is 0 Å². The number of hydrogen-bond acceptors (Lipinski definition) is 3. The summed E-state index contributed by atoms with van der Waals surface area (Å²) in [6.07, 6.45) is -4.64. The highest BCUT2D eigenvalue weighted by Crippen LogP contribution is 2.32. The number of hydrogen-bond donors (Lipinski definition) is 3. The van der Waals surface area contributed by atoms with Gasteiger partial charge in [0.1, 0.15) is 0 Å². The number of aliphatic hydroxyl groups is 1. The van der Waals surface area contributed by atoms with Crippen LogP contribution in [0.4, 0.5) is 13.2 Å². The fourth-order valence-electron chi connectivity index (χ4n) is 2.17. The van der Waals surface area contributed by atoms with Crippen molar-refractivity contribution in [3.8, 4) is 0 Å². The van der Waals surface area contributed by atoms with Crippen molar-refractivity contribution in [1.29, 1.82) is 0 Å². The lowest BCUT2D eigenvalue weighted by Crippen LogP contribution is -2.49. The van der Waals surface area contributed by atoms with E-state index in [1.165, 1.54) is 6.20 Å². The van der Waals surface area contributed by atoms with Gasteiger partial charge in [0.25, 0.3) is 5.91 Å². The summed E-state index contributed by atoms with van der Waals surface area (Å²) < 4.78 is 39.3. The van der Waals surface area contributed by atoms with E-state index in [9.17, 15) is 27.9 Å². The van der Waals surface area contributed by atoms with Crippen LogP contribution in [0.3, 0.4) is 0 Å². The van der Waals surface area contributed by atoms with Gasteiger partial charge in [-0.1, -0.05) is 18.2 Å². The molecule has 1 aromatic heterocycles. The first-order chi connectivity index (χ1) is 11.0. The van der Waals surface area contributed by atoms with Gasteiger partial charge < -0.3 is 9.67 Å². The number of alkyl halides is 3. The number of aryl methyl sites for hydroxylation is 1. The van der Waals surface area contributed by atoms with Crippen LogP contribution in [0.15, 0.2) is 30.5 Å². The number of aromatic nitrogens is 1. The molecule has 1 atom stereocenters. The van der Waals surface area contributed by atoms with Gasteiger partial charge >= 0.3 is 6.18 Å². The third-order valence-corrected chi connectivity index (χ3v) is 3.57. The lowest BCUT2D eigenvalue weighted by atomic mass is 10.0. The highest BCUT2D eigenvalue weighted by molar-refractivity contribution is 6.07. The summed E-state index contributed by atoms with van der Waals surface area (Å²) in [5, 5.41) is 9.88. The van der Waals surface area contributed by atoms with E-state index in [1.807, 2.05) is 10.9 Å². The first-order valence-corrected chi connectivity index (χ1v) is 6.95. The van der Waals surface area contributed by atoms with Gasteiger partial charge in [-0.25, -0.2) is 0 Å². The van der Waals surface area contributed by atoms with Gasteiger partial charge in [0.2, 0.25) is 5.91 Å². The molecule has 0 saturated heterocycles. The second kappa shape index (κ2) is 6.16. The summed E-state index contributed by atoms with van der Waals surface area (Å²) in [6.45, 7) is 0.485. The Morgan fingerprint density at radius 3 is 2.46 bits per heavy atom. The van der Waals surface area contributed by atoms with Crippen molar-refractivity contribution in [3.63, 3.8) is 0 Å². The molecule has 0 fully saturated rings. The second-order valence-corrected chi connectivity index (χ2v) is 5.62. The maximum atomic E-state index is 12.5. The van der Waals surface area contributed by atoms with Crippen LogP contribution in [0.25, 0.3) is 10.9 Å². The highest BCUT2D eigenvalue weighted by Gasteiger charge is 2.51. The molecule has 0 spiro atoms. The Bertz CT molecular complexity index is 781. The van der Waals surface area contributed by atoms with E-state index in [0.29, 0.717) is 12.3 Å². The van der Waals surface area contributed by atoms with Crippen LogP contribution in [0.2, 0.25) is 0 Å². The number of fused-ring (bicyclic) bond motifs is 1. The van der Waals surface area contributed by atoms with E-state index in [4.69, 9.17) is 0 Å². The summed E-state index contributed by atoms with van der Waals surface area (Å²) >= 11 is 0. The zero-order valence-corrected chi connectivity index (χ0v) is 12.9. The average Bonchev–Trinajstić information content (AvgIpc) is 2.81. The monoisotopic (exact) mass is 343 g/mol. The lowest BCUT2D eigenvalue weighted by Gasteiger charge is -2.25. The number of para-hydroxylation sites is 1. The summed E-state index contributed by atoms with van der Waals surface area (Å²) in [4.78, 5) is 23.6. The first kappa shape index (κ1) is 17.8. The Hall–Kier alpha value is -2.55. The molecule has 6 nitrogen and oxygen atoms in total. The van der Waals surface area contributed by atoms with Gasteiger partial charge in [0.05, 0.1) is 12.0 Å². The van der Waals surface area contributed by atoms with Crippen molar-refractivity contribution in [2.75, 3.05) is 0 Å². The number of halogens is 3. The van der Waals surface area contributed by atoms with Crippen molar-refractivity contribution in [3.05, 3.63) is 36.0 Å². The van der Waals surface area contributed by atoms with E-state index in [2.05, 4.69) is 0 Å². The molecule has 24 heavy (non-hydrogen) atoms. The molecule has 0 aliphatic rings. The molecule has 0 aliphatic carbocycles. The third kappa shape index (κ3) is 3.51. The van der Waals surface area contributed by atoms with Crippen molar-refractivity contribution >= 4 is 22.7 Å². The Kier molecular flexibility index (Phi) is 4.57. The second-order valence-electron chi connectivity index (χ2n) is 5.62. The predicted octanol–water partition coefficient (Wildman–Crippen LogP) is 1.64. The minimum absolute atomic E-state index is 0.260. The SMILES string of the molecule is Cn1cc(C(=O)NNC(=O)C[C@@](C)(O)C(F)(F)F)c2ccccc21. The van der Waals surface area contributed by atoms with Crippen LogP contribution in [0, 0.1) is 0 Å². The molecule has 9 heteroatoms. The van der Waals surface area contributed by atoms with Crippen LogP contribution in [0.5, 0.6) is 0 Å². The smallest absolute Gasteiger partial charge is 0.380 e. The average molecular weight is 343 g/mol. The fraction of sp³-hybridized carbons (Fsp3) is 0.333. The van der Waals surface area contributed by atoms with E-state index < -0.39 is 30.0 Å². The van der Waals surface area contributed by atoms with Gasteiger partial charge in [0, 0.05) is 24.1 Å². The zero-order chi connectivity index (χ0) is 18.1. The Balaban J connectivity index is 2.04. The number of carbonyl (C=O) groups is 2. The minimum Gasteiger partial charge on any atom is -0.380 e. The molecule has 2 aromatic rings. The largest absolute Gasteiger partial charge is 0.417 e. The van der Waals surface area contributed by atoms with Crippen LogP contribution in [-0.2, 0) is 11.8 Å². The predicted molar refractivity (Wildman–Crippen MR) is 79.8 cm³/mol. The Labute approximate surface area is 135 Å². The third-order valence-electron chi connectivity index (χ3n) is 3.57. The number of nitrogens with one attached hydrogen (secondary N) is 2. The van der Waals surface area contributed by atoms with E-state index in [1.54, 1.807) is 35.9 Å². The van der Waals surface area contributed by atoms with Gasteiger partial charge in [0.15, 0.2) is 5.60 Å². The number of amides is 2. The maximum absolute atomic E-state index is 12.5. The Morgan fingerprint density at radius 1 is 1.21 bits per heavy atom. The molecule has 2 amide bonds. The van der Waals surface area contributed by atoms with Crippen molar-refractivity contribution in [2.45, 2.75) is 25.1 Å². The van der Waals surface area contributed by atoms with Gasteiger partial charge in [-0.3, -0.25) is 20.4 Å². The standard InChI is InChI=1S/C15H16F3N3O3/c1-14(24,15(16,17)18)7-12(22)19-20-13(23)10-8-21(2)11-6-4-3-5-9(10)11/h3-6,8,24H,7H2,1-2H3,(H,19,22)(H,20,23)/t14-/m1/s1. The van der Waals surface area contributed by atoms with Crippen molar-refractivity contribution in [1.82, 2.24) is 15.4 Å². The topological polar surface area (TPSA) is 83.4 Å². The molecule has 2 rings (SSSR count). The highest BCUT2D eigenvalue weighted by atomic mass is 19.4. The zero-order valence-electron chi connectivity index (χ0n) is 12.9. The molecule has 1 aromatic carbocycles. The number of rotatable bonds is 3. The molecule has 0 aliphatic heterocycles. The molecular weight excluding hydrogens is 327 g/mol. The van der Waals surface area contributed by atoms with Gasteiger partial charge in [-0.05, 0) is 13.0 Å². The fourth-order valence-corrected chi connectivity index (χ4v) is 2.17. The van der Waals surface area contributed by atoms with E-state index in [-0.39, 0.29) is 5.56 Å². The van der Waals surface area contributed by atoms with Crippen LogP contribution in [0.1, 0.15) is 23.7 Å². The number of hydrazine groups is 1. The van der Waals surface area contributed by atoms with E-state index in [0.717, 1.165) is 5.52 Å². The summed E-state index contributed by atoms with van der Waals surface area (Å²) in [5.74, 6) is -1.84. The quantitative estimate of drug-likeness (QED) is 0.741. The lowest BCUT2D eigenvalue weighted by molar-refractivity contribution is -0.253. The molecule has 1 heterocycles. The molecule has 0 radical (unpaired) electrons. The first-order valence-electron chi connectivity index (χ1n) is 6.95. The number of benzene rings is 1. The molecule has 3 N–H and O–H groups in total. The van der Waals surface area contributed by atoms with Crippen molar-refractivity contribution in [2.24, 2.45) is 7.05 Å². The number of carbonyl (C=O) groups excluding carboxylic acids is 2. The molecule has 0 unspecified atom stereocenters. The minimum atomic E-state index is -4.95. The van der Waals surface area contributed by atoms with Gasteiger partial charge in [-0.2, -0.15) is 13.2 Å². The van der Waals surface area contributed by atoms with Crippen LogP contribution >= 0.6 is 0 Å². The molecule has 130 valence electrons. The summed E-state index contributed by atoms with van der Waals surface area (Å²) in [6, 6.07) is 7.04. The summed E-state index contributed by atoms with van der Waals surface area (Å²) in [7, 11) is 1.73. The Morgan fingerprint density at radius 2 is 1.83 bits per heavy atom. The van der Waals surface area contributed by atoms with Crippen LogP contribution < -0.4 is 10.9 Å². The molecular formula is C15H16F3N3O3.